The summed E-state index contributed by atoms with van der Waals surface area (Å²) in [5.74, 6) is -0.506. The normalized spacial score (nSPS) is 14.5. The van der Waals surface area contributed by atoms with E-state index in [1.807, 2.05) is 6.08 Å². The van der Waals surface area contributed by atoms with Crippen LogP contribution in [0.3, 0.4) is 0 Å². The van der Waals surface area contributed by atoms with Crippen molar-refractivity contribution in [2.75, 3.05) is 17.4 Å². The van der Waals surface area contributed by atoms with Crippen LogP contribution in [0.5, 0.6) is 0 Å². The van der Waals surface area contributed by atoms with Crippen LogP contribution < -0.4 is 16.5 Å². The van der Waals surface area contributed by atoms with Gasteiger partial charge in [-0.2, -0.15) is 0 Å². The summed E-state index contributed by atoms with van der Waals surface area (Å²) in [5.41, 5.74) is 12.4. The molecule has 4 N–H and O–H groups in total. The summed E-state index contributed by atoms with van der Waals surface area (Å²) >= 11 is 0. The minimum atomic E-state index is -0.506. The maximum Gasteiger partial charge on any atom is 0.250 e. The van der Waals surface area contributed by atoms with Crippen molar-refractivity contribution in [1.29, 1.82) is 0 Å². The second-order valence-electron chi connectivity index (χ2n) is 3.15. The number of nitrogens with zero attached hydrogens (tertiary/aromatic N) is 1. The van der Waals surface area contributed by atoms with Crippen molar-refractivity contribution in [2.24, 2.45) is 5.73 Å². The number of hydrogen-bond acceptors (Lipinski definition) is 4. The fourth-order valence-electron chi connectivity index (χ4n) is 1.39. The van der Waals surface area contributed by atoms with E-state index in [4.69, 9.17) is 16.3 Å². The van der Waals surface area contributed by atoms with Gasteiger partial charge in [0.15, 0.2) is 0 Å². The van der Waals surface area contributed by atoms with Crippen molar-refractivity contribution in [3.8, 4) is 0 Å². The monoisotopic (exact) mass is 205 g/mol. The van der Waals surface area contributed by atoms with Gasteiger partial charge in [0.2, 0.25) is 0 Å². The fraction of sp³-hybridized carbons (Fsp3) is 0.100. The Morgan fingerprint density at radius 3 is 2.87 bits per heavy atom. The van der Waals surface area contributed by atoms with Gasteiger partial charge in [0, 0.05) is 11.9 Å². The highest BCUT2D eigenvalue weighted by Gasteiger charge is 2.16. The van der Waals surface area contributed by atoms with E-state index in [9.17, 15) is 4.79 Å². The first-order chi connectivity index (χ1) is 7.18. The van der Waals surface area contributed by atoms with Crippen LogP contribution in [0, 0.1) is 0 Å². The Kier molecular flexibility index (Phi) is 2.31. The Hall–Kier alpha value is -2.01. The quantitative estimate of drug-likeness (QED) is 0.694. The van der Waals surface area contributed by atoms with Crippen LogP contribution in [0.2, 0.25) is 0 Å². The summed E-state index contributed by atoms with van der Waals surface area (Å²) in [6.07, 6.45) is 3.55. The number of rotatable bonds is 2. The predicted molar refractivity (Wildman–Crippen MR) is 56.9 cm³/mol. The Bertz CT molecular complexity index is 429. The number of hydroxylamine groups is 1. The Morgan fingerprint density at radius 2 is 2.27 bits per heavy atom. The molecule has 1 aliphatic rings. The van der Waals surface area contributed by atoms with Crippen molar-refractivity contribution >= 4 is 17.3 Å². The standard InChI is InChI=1S/C10H11N3O2/c11-7-2-3-8(10(12)14)9(6-7)13-4-1-5-15-13/h1-4,6H,5,11H2,(H2,12,14). The molecule has 0 aromatic heterocycles. The van der Waals surface area contributed by atoms with Crippen LogP contribution in [0.1, 0.15) is 10.4 Å². The molecule has 0 spiro atoms. The van der Waals surface area contributed by atoms with Crippen molar-refractivity contribution in [2.45, 2.75) is 0 Å². The Balaban J connectivity index is 2.46. The average molecular weight is 205 g/mol. The molecule has 0 atom stereocenters. The van der Waals surface area contributed by atoms with Crippen LogP contribution in [-0.2, 0) is 4.84 Å². The van der Waals surface area contributed by atoms with Crippen molar-refractivity contribution in [1.82, 2.24) is 0 Å². The molecule has 0 bridgehead atoms. The first-order valence-electron chi connectivity index (χ1n) is 4.46. The van der Waals surface area contributed by atoms with Crippen molar-refractivity contribution in [3.63, 3.8) is 0 Å². The lowest BCUT2D eigenvalue weighted by atomic mass is 10.1. The highest BCUT2D eigenvalue weighted by molar-refractivity contribution is 5.99. The number of nitrogens with two attached hydrogens (primary N) is 2. The van der Waals surface area contributed by atoms with E-state index in [0.29, 0.717) is 23.5 Å². The van der Waals surface area contributed by atoms with E-state index < -0.39 is 5.91 Å². The molecule has 0 fully saturated rings. The van der Waals surface area contributed by atoms with Gasteiger partial charge in [-0.05, 0) is 24.3 Å². The second kappa shape index (κ2) is 3.62. The molecule has 0 radical (unpaired) electrons. The molecular weight excluding hydrogens is 194 g/mol. The third-order valence-corrected chi connectivity index (χ3v) is 2.08. The maximum atomic E-state index is 11.2. The number of primary amides is 1. The van der Waals surface area contributed by atoms with E-state index in [-0.39, 0.29) is 0 Å². The van der Waals surface area contributed by atoms with Gasteiger partial charge in [0.05, 0.1) is 17.9 Å². The van der Waals surface area contributed by atoms with E-state index >= 15 is 0 Å². The summed E-state index contributed by atoms with van der Waals surface area (Å²) < 4.78 is 0. The van der Waals surface area contributed by atoms with Gasteiger partial charge in [0.25, 0.3) is 5.91 Å². The molecule has 1 amide bonds. The van der Waals surface area contributed by atoms with E-state index in [2.05, 4.69) is 0 Å². The number of carbonyl (C=O) groups is 1. The van der Waals surface area contributed by atoms with Gasteiger partial charge >= 0.3 is 0 Å². The summed E-state index contributed by atoms with van der Waals surface area (Å²) in [4.78, 5) is 16.4. The van der Waals surface area contributed by atoms with Gasteiger partial charge in [-0.1, -0.05) is 0 Å². The number of benzene rings is 1. The third kappa shape index (κ3) is 1.77. The first kappa shape index (κ1) is 9.54. The fourth-order valence-corrected chi connectivity index (χ4v) is 1.39. The zero-order valence-electron chi connectivity index (χ0n) is 8.01. The Morgan fingerprint density at radius 1 is 1.47 bits per heavy atom. The van der Waals surface area contributed by atoms with Crippen molar-refractivity contribution < 1.29 is 9.63 Å². The molecule has 1 aromatic rings. The van der Waals surface area contributed by atoms with E-state index in [1.54, 1.807) is 24.4 Å². The van der Waals surface area contributed by atoms with Gasteiger partial charge in [-0.15, -0.1) is 0 Å². The number of anilines is 2. The molecule has 15 heavy (non-hydrogen) atoms. The lowest BCUT2D eigenvalue weighted by molar-refractivity contribution is 0.0998. The number of carbonyl (C=O) groups excluding carboxylic acids is 1. The minimum absolute atomic E-state index is 0.385. The smallest absolute Gasteiger partial charge is 0.250 e. The Labute approximate surface area is 86.9 Å². The molecule has 1 aliphatic heterocycles. The summed E-state index contributed by atoms with van der Waals surface area (Å²) in [6.45, 7) is 0.479. The molecule has 0 saturated carbocycles. The van der Waals surface area contributed by atoms with Gasteiger partial charge in [0.1, 0.15) is 0 Å². The van der Waals surface area contributed by atoms with Crippen LogP contribution >= 0.6 is 0 Å². The van der Waals surface area contributed by atoms with Crippen LogP contribution in [0.15, 0.2) is 30.5 Å². The molecule has 0 aliphatic carbocycles. The molecule has 1 heterocycles. The van der Waals surface area contributed by atoms with Crippen LogP contribution in [-0.4, -0.2) is 12.5 Å². The lowest BCUT2D eigenvalue weighted by Gasteiger charge is -2.17. The van der Waals surface area contributed by atoms with E-state index in [0.717, 1.165) is 0 Å². The second-order valence-corrected chi connectivity index (χ2v) is 3.15. The third-order valence-electron chi connectivity index (χ3n) is 2.08. The van der Waals surface area contributed by atoms with Crippen LogP contribution in [0.4, 0.5) is 11.4 Å². The largest absolute Gasteiger partial charge is 0.399 e. The highest BCUT2D eigenvalue weighted by atomic mass is 16.7. The van der Waals surface area contributed by atoms with Gasteiger partial charge in [-0.25, -0.2) is 5.06 Å². The summed E-state index contributed by atoms with van der Waals surface area (Å²) in [6, 6.07) is 4.86. The average Bonchev–Trinajstić information content (AvgIpc) is 2.69. The summed E-state index contributed by atoms with van der Waals surface area (Å²) in [5, 5.41) is 1.48. The molecule has 78 valence electrons. The zero-order chi connectivity index (χ0) is 10.8. The molecular formula is C10H11N3O2. The molecule has 1 aromatic carbocycles. The number of amides is 1. The number of hydrogen-bond donors (Lipinski definition) is 2. The summed E-state index contributed by atoms with van der Waals surface area (Å²) in [7, 11) is 0. The molecule has 0 saturated heterocycles. The zero-order valence-corrected chi connectivity index (χ0v) is 8.01. The SMILES string of the molecule is NC(=O)c1ccc(N)cc1N1C=CCO1. The van der Waals surface area contributed by atoms with Crippen LogP contribution in [0.25, 0.3) is 0 Å². The van der Waals surface area contributed by atoms with Gasteiger partial charge < -0.3 is 11.5 Å². The molecule has 5 nitrogen and oxygen atoms in total. The maximum absolute atomic E-state index is 11.2. The first-order valence-corrected chi connectivity index (χ1v) is 4.46. The minimum Gasteiger partial charge on any atom is -0.399 e. The molecule has 5 heteroatoms. The van der Waals surface area contributed by atoms with Gasteiger partial charge in [-0.3, -0.25) is 9.63 Å². The van der Waals surface area contributed by atoms with E-state index in [1.165, 1.54) is 5.06 Å². The highest BCUT2D eigenvalue weighted by Crippen LogP contribution is 2.25. The number of nitrogen functional groups attached to an aromatic ring is 1. The molecule has 0 unspecified atom stereocenters. The predicted octanol–water partition coefficient (Wildman–Crippen LogP) is 0.633. The molecule has 2 rings (SSSR count). The lowest BCUT2D eigenvalue weighted by Crippen LogP contribution is -2.19. The van der Waals surface area contributed by atoms with Crippen molar-refractivity contribution in [3.05, 3.63) is 36.0 Å². The topological polar surface area (TPSA) is 81.6 Å².